The van der Waals surface area contributed by atoms with Gasteiger partial charge in [-0.15, -0.1) is 11.3 Å². The highest BCUT2D eigenvalue weighted by atomic mass is 35.5. The molecule has 0 aliphatic rings. The van der Waals surface area contributed by atoms with E-state index in [1.165, 1.54) is 6.07 Å². The Bertz CT molecular complexity index is 756. The van der Waals surface area contributed by atoms with E-state index in [0.717, 1.165) is 21.5 Å². The third-order valence-electron chi connectivity index (χ3n) is 3.16. The van der Waals surface area contributed by atoms with E-state index in [4.69, 9.17) is 11.6 Å². The zero-order valence-electron chi connectivity index (χ0n) is 10.7. The molecule has 3 rings (SSSR count). The van der Waals surface area contributed by atoms with Crippen molar-refractivity contribution in [3.63, 3.8) is 0 Å². The number of fused-ring (bicyclic) bond motifs is 1. The van der Waals surface area contributed by atoms with Crippen molar-refractivity contribution < 1.29 is 4.39 Å². The molecule has 5 heteroatoms. The average molecular weight is 307 g/mol. The van der Waals surface area contributed by atoms with Gasteiger partial charge in [0, 0.05) is 11.7 Å². The third kappa shape index (κ3) is 2.62. The van der Waals surface area contributed by atoms with Crippen LogP contribution in [0.25, 0.3) is 10.2 Å². The van der Waals surface area contributed by atoms with E-state index in [1.807, 2.05) is 30.6 Å². The number of anilines is 1. The highest BCUT2D eigenvalue weighted by molar-refractivity contribution is 7.16. The quantitative estimate of drug-likeness (QED) is 0.713. The smallest absolute Gasteiger partial charge is 0.142 e. The molecule has 102 valence electrons. The van der Waals surface area contributed by atoms with E-state index in [0.29, 0.717) is 0 Å². The molecule has 1 atom stereocenters. The van der Waals surface area contributed by atoms with Crippen LogP contribution in [0.3, 0.4) is 0 Å². The zero-order chi connectivity index (χ0) is 14.1. The van der Waals surface area contributed by atoms with Gasteiger partial charge in [-0.3, -0.25) is 0 Å². The first-order valence-electron chi connectivity index (χ1n) is 6.18. The molecule has 2 nitrogen and oxygen atoms in total. The first-order valence-corrected chi connectivity index (χ1v) is 7.44. The SMILES string of the molecule is CC(Nc1ccc2ncsc2c1)c1ccc(Cl)c(F)c1. The molecule has 1 aromatic heterocycles. The fraction of sp³-hybridized carbons (Fsp3) is 0.133. The van der Waals surface area contributed by atoms with Gasteiger partial charge in [0.25, 0.3) is 0 Å². The van der Waals surface area contributed by atoms with Crippen LogP contribution in [0.15, 0.2) is 41.9 Å². The summed E-state index contributed by atoms with van der Waals surface area (Å²) in [6.07, 6.45) is 0. The second kappa shape index (κ2) is 5.38. The Kier molecular flexibility index (Phi) is 3.59. The van der Waals surface area contributed by atoms with Gasteiger partial charge in [0.2, 0.25) is 0 Å². The van der Waals surface area contributed by atoms with E-state index >= 15 is 0 Å². The Morgan fingerprint density at radius 2 is 2.10 bits per heavy atom. The maximum atomic E-state index is 13.5. The summed E-state index contributed by atoms with van der Waals surface area (Å²) in [6.45, 7) is 1.99. The summed E-state index contributed by atoms with van der Waals surface area (Å²) in [5.74, 6) is -0.393. The topological polar surface area (TPSA) is 24.9 Å². The highest BCUT2D eigenvalue weighted by Crippen LogP contribution is 2.26. The maximum Gasteiger partial charge on any atom is 0.142 e. The number of halogens is 2. The number of nitrogens with one attached hydrogen (secondary N) is 1. The third-order valence-corrected chi connectivity index (χ3v) is 4.26. The minimum absolute atomic E-state index is 0.00728. The van der Waals surface area contributed by atoms with Crippen LogP contribution in [0, 0.1) is 5.82 Å². The fourth-order valence-electron chi connectivity index (χ4n) is 2.06. The standard InChI is InChI=1S/C15H12ClFN2S/c1-9(10-2-4-12(16)13(17)6-10)19-11-3-5-14-15(7-11)20-8-18-14/h2-9,19H,1H3. The number of hydrogen-bond donors (Lipinski definition) is 1. The molecule has 0 radical (unpaired) electrons. The van der Waals surface area contributed by atoms with Crippen molar-refractivity contribution in [3.8, 4) is 0 Å². The van der Waals surface area contributed by atoms with Gasteiger partial charge in [-0.05, 0) is 42.8 Å². The van der Waals surface area contributed by atoms with E-state index in [-0.39, 0.29) is 11.1 Å². The maximum absolute atomic E-state index is 13.5. The average Bonchev–Trinajstić information content (AvgIpc) is 2.89. The van der Waals surface area contributed by atoms with Gasteiger partial charge in [0.1, 0.15) is 5.82 Å². The van der Waals surface area contributed by atoms with Crippen LogP contribution in [0.5, 0.6) is 0 Å². The summed E-state index contributed by atoms with van der Waals surface area (Å²) in [5, 5.41) is 3.50. The van der Waals surface area contributed by atoms with Crippen LogP contribution in [0.4, 0.5) is 10.1 Å². The van der Waals surface area contributed by atoms with E-state index in [9.17, 15) is 4.39 Å². The molecule has 0 aliphatic carbocycles. The molecular weight excluding hydrogens is 295 g/mol. The molecule has 20 heavy (non-hydrogen) atoms. The highest BCUT2D eigenvalue weighted by Gasteiger charge is 2.09. The summed E-state index contributed by atoms with van der Waals surface area (Å²) < 4.78 is 14.6. The zero-order valence-corrected chi connectivity index (χ0v) is 12.3. The fourth-order valence-corrected chi connectivity index (χ4v) is 2.89. The van der Waals surface area contributed by atoms with Crippen molar-refractivity contribution in [2.75, 3.05) is 5.32 Å². The predicted molar refractivity (Wildman–Crippen MR) is 83.1 cm³/mol. The van der Waals surface area contributed by atoms with Crippen molar-refractivity contribution in [2.45, 2.75) is 13.0 Å². The van der Waals surface area contributed by atoms with Gasteiger partial charge in [-0.1, -0.05) is 17.7 Å². The number of thiazole rings is 1. The van der Waals surface area contributed by atoms with Gasteiger partial charge in [-0.25, -0.2) is 9.37 Å². The lowest BCUT2D eigenvalue weighted by Gasteiger charge is -2.16. The van der Waals surface area contributed by atoms with Gasteiger partial charge < -0.3 is 5.32 Å². The molecule has 3 aromatic rings. The van der Waals surface area contributed by atoms with Crippen molar-refractivity contribution >= 4 is 38.8 Å². The number of nitrogens with zero attached hydrogens (tertiary/aromatic N) is 1. The normalized spacial score (nSPS) is 12.6. The van der Waals surface area contributed by atoms with E-state index in [1.54, 1.807) is 17.4 Å². The van der Waals surface area contributed by atoms with Gasteiger partial charge in [0.15, 0.2) is 0 Å². The first kappa shape index (κ1) is 13.3. The summed E-state index contributed by atoms with van der Waals surface area (Å²) in [4.78, 5) is 4.24. The summed E-state index contributed by atoms with van der Waals surface area (Å²) in [5.41, 5.74) is 4.67. The van der Waals surface area contributed by atoms with Crippen molar-refractivity contribution in [2.24, 2.45) is 0 Å². The van der Waals surface area contributed by atoms with Gasteiger partial charge >= 0.3 is 0 Å². The minimum Gasteiger partial charge on any atom is -0.378 e. The molecular formula is C15H12ClFN2S. The number of aromatic nitrogens is 1. The lowest BCUT2D eigenvalue weighted by atomic mass is 10.1. The predicted octanol–water partition coefficient (Wildman–Crippen LogP) is 5.26. The number of benzene rings is 2. The molecule has 1 heterocycles. The van der Waals surface area contributed by atoms with Gasteiger partial charge in [-0.2, -0.15) is 0 Å². The summed E-state index contributed by atoms with van der Waals surface area (Å²) >= 11 is 7.30. The van der Waals surface area contributed by atoms with Crippen molar-refractivity contribution in [1.82, 2.24) is 4.98 Å². The number of rotatable bonds is 3. The summed E-state index contributed by atoms with van der Waals surface area (Å²) in [7, 11) is 0. The Morgan fingerprint density at radius 1 is 1.25 bits per heavy atom. The van der Waals surface area contributed by atoms with Crippen LogP contribution < -0.4 is 5.32 Å². The molecule has 0 fully saturated rings. The Labute approximate surface area is 125 Å². The monoisotopic (exact) mass is 306 g/mol. The van der Waals surface area contributed by atoms with Crippen LogP contribution in [0.2, 0.25) is 5.02 Å². The van der Waals surface area contributed by atoms with Crippen LogP contribution in [0.1, 0.15) is 18.5 Å². The number of hydrogen-bond acceptors (Lipinski definition) is 3. The molecule has 0 amide bonds. The van der Waals surface area contributed by atoms with Crippen LogP contribution in [-0.4, -0.2) is 4.98 Å². The second-order valence-electron chi connectivity index (χ2n) is 4.57. The molecule has 1 unspecified atom stereocenters. The molecule has 0 aliphatic heterocycles. The van der Waals surface area contributed by atoms with Crippen LogP contribution in [-0.2, 0) is 0 Å². The van der Waals surface area contributed by atoms with Crippen molar-refractivity contribution in [3.05, 3.63) is 58.3 Å². The van der Waals surface area contributed by atoms with E-state index < -0.39 is 5.82 Å². The second-order valence-corrected chi connectivity index (χ2v) is 5.87. The van der Waals surface area contributed by atoms with Gasteiger partial charge in [0.05, 0.1) is 20.7 Å². The van der Waals surface area contributed by atoms with E-state index in [2.05, 4.69) is 16.4 Å². The Morgan fingerprint density at radius 3 is 2.90 bits per heavy atom. The summed E-state index contributed by atoms with van der Waals surface area (Å²) in [6, 6.07) is 10.9. The lowest BCUT2D eigenvalue weighted by Crippen LogP contribution is -2.06. The lowest BCUT2D eigenvalue weighted by molar-refractivity contribution is 0.624. The first-order chi connectivity index (χ1) is 9.63. The van der Waals surface area contributed by atoms with Crippen molar-refractivity contribution in [1.29, 1.82) is 0 Å². The molecule has 0 spiro atoms. The molecule has 0 saturated carbocycles. The Hall–Kier alpha value is -1.65. The molecule has 0 saturated heterocycles. The largest absolute Gasteiger partial charge is 0.378 e. The minimum atomic E-state index is -0.393. The molecule has 0 bridgehead atoms. The molecule has 2 aromatic carbocycles. The Balaban J connectivity index is 1.83. The van der Waals surface area contributed by atoms with Crippen LogP contribution >= 0.6 is 22.9 Å². The molecule has 1 N–H and O–H groups in total.